The van der Waals surface area contributed by atoms with E-state index in [-0.39, 0.29) is 0 Å². The molecule has 0 aliphatic rings. The number of nitrogens with one attached hydrogen (secondary N) is 2. The predicted octanol–water partition coefficient (Wildman–Crippen LogP) is 5.51. The van der Waals surface area contributed by atoms with Gasteiger partial charge in [0.25, 0.3) is 0 Å². The van der Waals surface area contributed by atoms with Crippen LogP contribution in [0.3, 0.4) is 0 Å². The molecule has 0 amide bonds. The van der Waals surface area contributed by atoms with Crippen LogP contribution in [0.4, 0.5) is 0 Å². The molecule has 29 heavy (non-hydrogen) atoms. The molecule has 0 aliphatic carbocycles. The standard InChI is InChI=1S/C24H21ClN4/c25-19-7-5-6-17(12-19)15-29-16-18(20-8-1-4-11-23(20)29)13-26-14-24-27-21-9-2-3-10-22(21)28-24/h1-12,16,26H,13-15H2,(H,27,28). The summed E-state index contributed by atoms with van der Waals surface area (Å²) in [7, 11) is 0. The number of rotatable bonds is 6. The van der Waals surface area contributed by atoms with Crippen LogP contribution in [0, 0.1) is 0 Å². The summed E-state index contributed by atoms with van der Waals surface area (Å²) in [4.78, 5) is 8.01. The lowest BCUT2D eigenvalue weighted by molar-refractivity contribution is 0.670. The largest absolute Gasteiger partial charge is 0.343 e. The zero-order chi connectivity index (χ0) is 19.6. The van der Waals surface area contributed by atoms with Crippen molar-refractivity contribution in [1.82, 2.24) is 19.9 Å². The van der Waals surface area contributed by atoms with E-state index in [0.29, 0.717) is 6.54 Å². The number of benzene rings is 3. The molecule has 5 heteroatoms. The van der Waals surface area contributed by atoms with E-state index in [9.17, 15) is 0 Å². The van der Waals surface area contributed by atoms with Crippen LogP contribution < -0.4 is 5.32 Å². The predicted molar refractivity (Wildman–Crippen MR) is 119 cm³/mol. The molecule has 2 N–H and O–H groups in total. The van der Waals surface area contributed by atoms with Crippen molar-refractivity contribution < 1.29 is 0 Å². The third-order valence-corrected chi connectivity index (χ3v) is 5.39. The summed E-state index contributed by atoms with van der Waals surface area (Å²) in [5.74, 6) is 0.953. The summed E-state index contributed by atoms with van der Waals surface area (Å²) >= 11 is 6.16. The van der Waals surface area contributed by atoms with E-state index >= 15 is 0 Å². The van der Waals surface area contributed by atoms with Crippen LogP contribution in [0.5, 0.6) is 0 Å². The Hall–Kier alpha value is -3.08. The number of H-pyrrole nitrogens is 1. The van der Waals surface area contributed by atoms with Crippen LogP contribution in [0.25, 0.3) is 21.9 Å². The molecule has 0 radical (unpaired) electrons. The molecule has 0 atom stereocenters. The topological polar surface area (TPSA) is 45.6 Å². The normalized spacial score (nSPS) is 11.5. The van der Waals surface area contributed by atoms with Crippen LogP contribution in [-0.2, 0) is 19.6 Å². The van der Waals surface area contributed by atoms with Crippen molar-refractivity contribution in [3.8, 4) is 0 Å². The maximum Gasteiger partial charge on any atom is 0.121 e. The van der Waals surface area contributed by atoms with Crippen LogP contribution in [0.2, 0.25) is 5.02 Å². The molecule has 0 saturated heterocycles. The summed E-state index contributed by atoms with van der Waals surface area (Å²) in [5, 5.41) is 5.57. The fourth-order valence-corrected chi connectivity index (χ4v) is 4.04. The van der Waals surface area contributed by atoms with E-state index in [2.05, 4.69) is 62.4 Å². The lowest BCUT2D eigenvalue weighted by atomic mass is 10.2. The molecule has 2 aromatic heterocycles. The van der Waals surface area contributed by atoms with Crippen LogP contribution in [0.1, 0.15) is 17.0 Å². The number of halogens is 1. The Labute approximate surface area is 174 Å². The van der Waals surface area contributed by atoms with Gasteiger partial charge >= 0.3 is 0 Å². The van der Waals surface area contributed by atoms with E-state index in [1.807, 2.05) is 36.4 Å². The molecular weight excluding hydrogens is 380 g/mol. The van der Waals surface area contributed by atoms with E-state index in [1.54, 1.807) is 0 Å². The number of fused-ring (bicyclic) bond motifs is 2. The van der Waals surface area contributed by atoms with Gasteiger partial charge in [0, 0.05) is 35.2 Å². The lowest BCUT2D eigenvalue weighted by Gasteiger charge is -2.06. The first-order valence-electron chi connectivity index (χ1n) is 9.72. The van der Waals surface area contributed by atoms with Gasteiger partial charge < -0.3 is 14.9 Å². The number of nitrogens with zero attached hydrogens (tertiary/aromatic N) is 2. The van der Waals surface area contributed by atoms with Crippen molar-refractivity contribution in [2.45, 2.75) is 19.6 Å². The molecule has 0 spiro atoms. The maximum atomic E-state index is 6.16. The monoisotopic (exact) mass is 400 g/mol. The average molecular weight is 401 g/mol. The fraction of sp³-hybridized carbons (Fsp3) is 0.125. The lowest BCUT2D eigenvalue weighted by Crippen LogP contribution is -2.13. The SMILES string of the molecule is Clc1cccc(Cn2cc(CNCc3nc4ccccc4[nH]3)c3ccccc32)c1. The molecule has 0 saturated carbocycles. The molecule has 3 aromatic carbocycles. The second-order valence-corrected chi connectivity index (χ2v) is 7.67. The van der Waals surface area contributed by atoms with E-state index in [4.69, 9.17) is 11.6 Å². The summed E-state index contributed by atoms with van der Waals surface area (Å²) < 4.78 is 2.29. The molecule has 144 valence electrons. The Bertz CT molecular complexity index is 1250. The zero-order valence-corrected chi connectivity index (χ0v) is 16.7. The summed E-state index contributed by atoms with van der Waals surface area (Å²) in [6.07, 6.45) is 2.23. The highest BCUT2D eigenvalue weighted by Crippen LogP contribution is 2.23. The van der Waals surface area contributed by atoms with Gasteiger partial charge in [-0.15, -0.1) is 0 Å². The minimum Gasteiger partial charge on any atom is -0.343 e. The van der Waals surface area contributed by atoms with Crippen molar-refractivity contribution in [3.63, 3.8) is 0 Å². The van der Waals surface area contributed by atoms with Gasteiger partial charge in [0.1, 0.15) is 5.82 Å². The summed E-state index contributed by atoms with van der Waals surface area (Å²) in [5.41, 5.74) is 5.77. The second-order valence-electron chi connectivity index (χ2n) is 7.23. The first-order valence-corrected chi connectivity index (χ1v) is 10.1. The van der Waals surface area contributed by atoms with Crippen molar-refractivity contribution in [3.05, 3.63) is 101 Å². The number of aromatic amines is 1. The number of para-hydroxylation sites is 3. The molecule has 2 heterocycles. The van der Waals surface area contributed by atoms with Crippen LogP contribution in [0.15, 0.2) is 79.0 Å². The van der Waals surface area contributed by atoms with Crippen molar-refractivity contribution in [1.29, 1.82) is 0 Å². The third kappa shape index (κ3) is 3.77. The summed E-state index contributed by atoms with van der Waals surface area (Å²) in [6.45, 7) is 2.27. The van der Waals surface area contributed by atoms with Gasteiger partial charge in [0.05, 0.1) is 17.6 Å². The number of aromatic nitrogens is 3. The Morgan fingerprint density at radius 3 is 2.69 bits per heavy atom. The fourth-order valence-electron chi connectivity index (χ4n) is 3.83. The highest BCUT2D eigenvalue weighted by molar-refractivity contribution is 6.30. The van der Waals surface area contributed by atoms with Gasteiger partial charge in [-0.3, -0.25) is 0 Å². The Balaban J connectivity index is 1.35. The van der Waals surface area contributed by atoms with Gasteiger partial charge in [-0.2, -0.15) is 0 Å². The second kappa shape index (κ2) is 7.74. The maximum absolute atomic E-state index is 6.16. The van der Waals surface area contributed by atoms with Gasteiger partial charge in [0.2, 0.25) is 0 Å². The molecule has 4 nitrogen and oxygen atoms in total. The minimum atomic E-state index is 0.697. The molecule has 0 unspecified atom stereocenters. The van der Waals surface area contributed by atoms with Gasteiger partial charge in [-0.25, -0.2) is 4.98 Å². The minimum absolute atomic E-state index is 0.697. The Kier molecular flexibility index (Phi) is 4.80. The zero-order valence-electron chi connectivity index (χ0n) is 15.9. The number of imidazole rings is 1. The van der Waals surface area contributed by atoms with Gasteiger partial charge in [-0.05, 0) is 41.5 Å². The van der Waals surface area contributed by atoms with E-state index in [1.165, 1.54) is 22.0 Å². The van der Waals surface area contributed by atoms with Crippen LogP contribution >= 0.6 is 11.6 Å². The Morgan fingerprint density at radius 2 is 1.79 bits per heavy atom. The van der Waals surface area contributed by atoms with Crippen molar-refractivity contribution in [2.24, 2.45) is 0 Å². The smallest absolute Gasteiger partial charge is 0.121 e. The number of hydrogen-bond acceptors (Lipinski definition) is 2. The molecule has 0 aliphatic heterocycles. The Morgan fingerprint density at radius 1 is 0.931 bits per heavy atom. The van der Waals surface area contributed by atoms with Gasteiger partial charge in [0.15, 0.2) is 0 Å². The average Bonchev–Trinajstić information content (AvgIpc) is 3.30. The third-order valence-electron chi connectivity index (χ3n) is 5.16. The molecule has 0 fully saturated rings. The van der Waals surface area contributed by atoms with Gasteiger partial charge in [-0.1, -0.05) is 54.1 Å². The highest BCUT2D eigenvalue weighted by Gasteiger charge is 2.09. The summed E-state index contributed by atoms with van der Waals surface area (Å²) in [6, 6.07) is 24.7. The quantitative estimate of drug-likeness (QED) is 0.394. The van der Waals surface area contributed by atoms with E-state index < -0.39 is 0 Å². The molecular formula is C24H21ClN4. The highest BCUT2D eigenvalue weighted by atomic mass is 35.5. The number of hydrogen-bond donors (Lipinski definition) is 2. The van der Waals surface area contributed by atoms with E-state index in [0.717, 1.165) is 35.0 Å². The first-order chi connectivity index (χ1) is 14.3. The van der Waals surface area contributed by atoms with Crippen molar-refractivity contribution >= 4 is 33.5 Å². The molecule has 5 rings (SSSR count). The van der Waals surface area contributed by atoms with Crippen LogP contribution in [-0.4, -0.2) is 14.5 Å². The molecule has 5 aromatic rings. The molecule has 0 bridgehead atoms. The van der Waals surface area contributed by atoms with Crippen molar-refractivity contribution in [2.75, 3.05) is 0 Å². The first kappa shape index (κ1) is 18.0.